The first kappa shape index (κ1) is 10.4. The highest BCUT2D eigenvalue weighted by atomic mass is 79.9. The van der Waals surface area contributed by atoms with Gasteiger partial charge in [0.05, 0.1) is 6.20 Å². The molecule has 15 heavy (non-hydrogen) atoms. The molecule has 2 aromatic heterocycles. The molecule has 0 amide bonds. The van der Waals surface area contributed by atoms with Gasteiger partial charge in [0.15, 0.2) is 0 Å². The molecule has 0 aromatic carbocycles. The monoisotopic (exact) mass is 268 g/mol. The van der Waals surface area contributed by atoms with Crippen LogP contribution in [0.4, 0.5) is 5.82 Å². The van der Waals surface area contributed by atoms with Gasteiger partial charge >= 0.3 is 0 Å². The minimum absolute atomic E-state index is 0. The molecule has 1 saturated heterocycles. The summed E-state index contributed by atoms with van der Waals surface area (Å²) in [5.41, 5.74) is 0. The quantitative estimate of drug-likeness (QED) is 0.793. The van der Waals surface area contributed by atoms with Gasteiger partial charge in [-0.1, -0.05) is 0 Å². The molecule has 1 aliphatic rings. The summed E-state index contributed by atoms with van der Waals surface area (Å²) in [5.74, 6) is 1.84. The van der Waals surface area contributed by atoms with Crippen LogP contribution in [0.5, 0.6) is 0 Å². The summed E-state index contributed by atoms with van der Waals surface area (Å²) in [4.78, 5) is 11.0. The molecule has 0 radical (unpaired) electrons. The van der Waals surface area contributed by atoms with Crippen molar-refractivity contribution in [1.29, 1.82) is 0 Å². The molecule has 1 aliphatic heterocycles. The van der Waals surface area contributed by atoms with Crippen LogP contribution in [-0.2, 0) is 0 Å². The summed E-state index contributed by atoms with van der Waals surface area (Å²) in [7, 11) is 0. The molecular weight excluding hydrogens is 256 g/mol. The molecule has 0 atom stereocenters. The Morgan fingerprint density at radius 2 is 2.00 bits per heavy atom. The van der Waals surface area contributed by atoms with Crippen LogP contribution >= 0.6 is 17.0 Å². The van der Waals surface area contributed by atoms with Gasteiger partial charge < -0.3 is 4.90 Å². The molecule has 4 nitrogen and oxygen atoms in total. The minimum Gasteiger partial charge on any atom is -0.355 e. The highest BCUT2D eigenvalue weighted by molar-refractivity contribution is 8.93. The molecule has 0 unspecified atom stereocenters. The van der Waals surface area contributed by atoms with Gasteiger partial charge in [-0.15, -0.1) is 17.0 Å². The summed E-state index contributed by atoms with van der Waals surface area (Å²) in [6, 6.07) is 1.92. The van der Waals surface area contributed by atoms with Gasteiger partial charge in [0.2, 0.25) is 5.78 Å². The van der Waals surface area contributed by atoms with Crippen LogP contribution < -0.4 is 4.90 Å². The second kappa shape index (κ2) is 4.18. The summed E-state index contributed by atoms with van der Waals surface area (Å²) >= 11 is 0. The molecule has 0 bridgehead atoms. The van der Waals surface area contributed by atoms with Crippen molar-refractivity contribution in [2.24, 2.45) is 0 Å². The second-order valence-electron chi connectivity index (χ2n) is 3.62. The maximum Gasteiger partial charge on any atom is 0.235 e. The van der Waals surface area contributed by atoms with E-state index < -0.39 is 0 Å². The van der Waals surface area contributed by atoms with Crippen molar-refractivity contribution < 1.29 is 0 Å². The van der Waals surface area contributed by atoms with E-state index in [9.17, 15) is 0 Å². The number of halogens is 1. The minimum atomic E-state index is 0. The largest absolute Gasteiger partial charge is 0.355 e. The van der Waals surface area contributed by atoms with Crippen LogP contribution in [0, 0.1) is 0 Å². The third-order valence-electron chi connectivity index (χ3n) is 2.65. The van der Waals surface area contributed by atoms with E-state index in [4.69, 9.17) is 0 Å². The Kier molecular flexibility index (Phi) is 2.90. The lowest BCUT2D eigenvalue weighted by molar-refractivity contribution is 0.947. The van der Waals surface area contributed by atoms with Crippen molar-refractivity contribution in [2.75, 3.05) is 18.0 Å². The van der Waals surface area contributed by atoms with Gasteiger partial charge in [0.1, 0.15) is 5.82 Å². The van der Waals surface area contributed by atoms with Crippen LogP contribution in [0.2, 0.25) is 0 Å². The van der Waals surface area contributed by atoms with E-state index in [1.807, 2.05) is 22.9 Å². The SMILES string of the molecule is Br.c1cnc2nc(N3CCCC3)cn2c1. The number of imidazole rings is 1. The topological polar surface area (TPSA) is 33.4 Å². The van der Waals surface area contributed by atoms with Crippen molar-refractivity contribution in [1.82, 2.24) is 14.4 Å². The van der Waals surface area contributed by atoms with Crippen LogP contribution in [0.25, 0.3) is 5.78 Å². The van der Waals surface area contributed by atoms with Gasteiger partial charge in [-0.3, -0.25) is 4.40 Å². The van der Waals surface area contributed by atoms with E-state index in [0.29, 0.717) is 0 Å². The van der Waals surface area contributed by atoms with E-state index >= 15 is 0 Å². The summed E-state index contributed by atoms with van der Waals surface area (Å²) in [5, 5.41) is 0. The Balaban J connectivity index is 0.000000853. The lowest BCUT2D eigenvalue weighted by Crippen LogP contribution is -2.17. The average Bonchev–Trinajstić information content (AvgIpc) is 2.86. The molecule has 0 aliphatic carbocycles. The molecule has 5 heteroatoms. The van der Waals surface area contributed by atoms with E-state index in [0.717, 1.165) is 24.7 Å². The van der Waals surface area contributed by atoms with Gasteiger partial charge in [0, 0.05) is 25.5 Å². The number of nitrogens with zero attached hydrogens (tertiary/aromatic N) is 4. The molecule has 1 fully saturated rings. The lowest BCUT2D eigenvalue weighted by Gasteiger charge is -2.12. The number of rotatable bonds is 1. The molecule has 0 saturated carbocycles. The standard InChI is InChI=1S/C10H12N4.BrH/c1-2-6-13(5-1)9-8-14-7-3-4-11-10(14)12-9;/h3-4,7-8H,1-2,5-6H2;1H. The zero-order valence-corrected chi connectivity index (χ0v) is 10.0. The maximum atomic E-state index is 4.47. The van der Waals surface area contributed by atoms with E-state index in [1.54, 1.807) is 6.20 Å². The van der Waals surface area contributed by atoms with Gasteiger partial charge in [-0.2, -0.15) is 4.98 Å². The zero-order chi connectivity index (χ0) is 9.38. The predicted octanol–water partition coefficient (Wildman–Crippen LogP) is 1.91. The van der Waals surface area contributed by atoms with Gasteiger partial charge in [-0.05, 0) is 18.9 Å². The highest BCUT2D eigenvalue weighted by Crippen LogP contribution is 2.18. The van der Waals surface area contributed by atoms with Crippen LogP contribution in [0.1, 0.15) is 12.8 Å². The third kappa shape index (κ3) is 1.84. The lowest BCUT2D eigenvalue weighted by atomic mass is 10.4. The number of anilines is 1. The molecule has 2 aromatic rings. The number of hydrogen-bond donors (Lipinski definition) is 0. The normalized spacial score (nSPS) is 15.6. The Labute approximate surface area is 98.7 Å². The van der Waals surface area contributed by atoms with Gasteiger partial charge in [-0.25, -0.2) is 4.98 Å². The Bertz CT molecular complexity index is 414. The first-order valence-corrected chi connectivity index (χ1v) is 4.98. The predicted molar refractivity (Wildman–Crippen MR) is 64.8 cm³/mol. The fraction of sp³-hybridized carbons (Fsp3) is 0.400. The average molecular weight is 269 g/mol. The molecule has 0 spiro atoms. The zero-order valence-electron chi connectivity index (χ0n) is 8.33. The molecular formula is C10H13BrN4. The van der Waals surface area contributed by atoms with Crippen molar-refractivity contribution in [2.45, 2.75) is 12.8 Å². The van der Waals surface area contributed by atoms with Crippen molar-refractivity contribution in [3.05, 3.63) is 24.7 Å². The van der Waals surface area contributed by atoms with Crippen molar-refractivity contribution in [3.63, 3.8) is 0 Å². The fourth-order valence-electron chi connectivity index (χ4n) is 1.92. The Morgan fingerprint density at radius 1 is 1.20 bits per heavy atom. The van der Waals surface area contributed by atoms with Crippen molar-refractivity contribution >= 4 is 28.6 Å². The summed E-state index contributed by atoms with van der Waals surface area (Å²) in [6.45, 7) is 2.26. The van der Waals surface area contributed by atoms with E-state index in [-0.39, 0.29) is 17.0 Å². The molecule has 0 N–H and O–H groups in total. The maximum absolute atomic E-state index is 4.47. The summed E-state index contributed by atoms with van der Waals surface area (Å²) < 4.78 is 1.97. The van der Waals surface area contributed by atoms with Crippen LogP contribution in [0.3, 0.4) is 0 Å². The number of fused-ring (bicyclic) bond motifs is 1. The van der Waals surface area contributed by atoms with E-state index in [1.165, 1.54) is 12.8 Å². The number of aromatic nitrogens is 3. The molecule has 80 valence electrons. The Hall–Kier alpha value is -1.10. The van der Waals surface area contributed by atoms with Crippen LogP contribution in [-0.4, -0.2) is 27.5 Å². The summed E-state index contributed by atoms with van der Waals surface area (Å²) in [6.07, 6.45) is 8.36. The first-order chi connectivity index (χ1) is 6.93. The van der Waals surface area contributed by atoms with Gasteiger partial charge in [0.25, 0.3) is 0 Å². The third-order valence-corrected chi connectivity index (χ3v) is 2.65. The molecule has 3 heterocycles. The first-order valence-electron chi connectivity index (χ1n) is 4.98. The number of hydrogen-bond acceptors (Lipinski definition) is 3. The second-order valence-corrected chi connectivity index (χ2v) is 3.62. The molecule has 3 rings (SSSR count). The van der Waals surface area contributed by atoms with Crippen molar-refractivity contribution in [3.8, 4) is 0 Å². The smallest absolute Gasteiger partial charge is 0.235 e. The Morgan fingerprint density at radius 3 is 2.73 bits per heavy atom. The highest BCUT2D eigenvalue weighted by Gasteiger charge is 2.15. The van der Waals surface area contributed by atoms with Crippen LogP contribution in [0.15, 0.2) is 24.7 Å². The fourth-order valence-corrected chi connectivity index (χ4v) is 1.92. The van der Waals surface area contributed by atoms with E-state index in [2.05, 4.69) is 14.9 Å².